The number of nitrogens with zero attached hydrogens (tertiary/aromatic N) is 1. The number of carboxylic acid groups (broad SMARTS) is 1. The summed E-state index contributed by atoms with van der Waals surface area (Å²) in [5.41, 5.74) is 0.0332. The van der Waals surface area contributed by atoms with E-state index in [1.54, 1.807) is 0 Å². The van der Waals surface area contributed by atoms with Crippen LogP contribution >= 0.6 is 11.3 Å². The van der Waals surface area contributed by atoms with Crippen LogP contribution in [0.2, 0.25) is 0 Å². The molecule has 0 aromatic carbocycles. The van der Waals surface area contributed by atoms with Crippen molar-refractivity contribution in [2.75, 3.05) is 13.1 Å². The largest absolute Gasteiger partial charge is 0.476 e. The number of hydrogen-bond acceptors (Lipinski definition) is 5. The molecule has 0 saturated carbocycles. The van der Waals surface area contributed by atoms with Crippen LogP contribution in [0.5, 0.6) is 0 Å². The first-order valence-electron chi connectivity index (χ1n) is 7.21. The molecule has 116 valence electrons. The van der Waals surface area contributed by atoms with Gasteiger partial charge in [-0.15, -0.1) is 11.3 Å². The molecule has 0 aliphatic carbocycles. The summed E-state index contributed by atoms with van der Waals surface area (Å²) in [6, 6.07) is 0. The van der Waals surface area contributed by atoms with Crippen molar-refractivity contribution in [3.63, 3.8) is 0 Å². The van der Waals surface area contributed by atoms with Crippen LogP contribution in [-0.4, -0.2) is 35.1 Å². The highest BCUT2D eigenvalue weighted by molar-refractivity contribution is 7.09. The third-order valence-corrected chi connectivity index (χ3v) is 4.70. The molecular formula is C14H21N3O3S. The third-order valence-electron chi connectivity index (χ3n) is 3.85. The predicted octanol–water partition coefficient (Wildman–Crippen LogP) is 1.48. The van der Waals surface area contributed by atoms with Crippen LogP contribution in [0.25, 0.3) is 0 Å². The van der Waals surface area contributed by atoms with Crippen LogP contribution in [0.15, 0.2) is 5.38 Å². The first kappa shape index (κ1) is 15.9. The number of hydrogen-bond donors (Lipinski definition) is 3. The Labute approximate surface area is 128 Å². The number of aromatic nitrogens is 1. The molecule has 1 aliphatic heterocycles. The Balaban J connectivity index is 1.74. The van der Waals surface area contributed by atoms with E-state index in [1.165, 1.54) is 29.6 Å². The fourth-order valence-electron chi connectivity index (χ4n) is 2.56. The topological polar surface area (TPSA) is 91.3 Å². The van der Waals surface area contributed by atoms with Crippen molar-refractivity contribution in [1.29, 1.82) is 0 Å². The zero-order valence-corrected chi connectivity index (χ0v) is 12.9. The van der Waals surface area contributed by atoms with Gasteiger partial charge in [-0.05, 0) is 37.8 Å². The predicted molar refractivity (Wildman–Crippen MR) is 80.3 cm³/mol. The van der Waals surface area contributed by atoms with E-state index in [0.29, 0.717) is 29.8 Å². The summed E-state index contributed by atoms with van der Waals surface area (Å²) in [5.74, 6) is -0.131. The zero-order chi connectivity index (χ0) is 15.2. The van der Waals surface area contributed by atoms with Gasteiger partial charge in [-0.1, -0.05) is 6.92 Å². The molecule has 0 radical (unpaired) electrons. The van der Waals surface area contributed by atoms with E-state index in [4.69, 9.17) is 5.11 Å². The molecule has 2 atom stereocenters. The highest BCUT2D eigenvalue weighted by atomic mass is 32.1. The minimum Gasteiger partial charge on any atom is -0.476 e. The Kier molecular flexibility index (Phi) is 5.69. The fraction of sp³-hybridized carbons (Fsp3) is 0.643. The minimum absolute atomic E-state index is 0.000137. The van der Waals surface area contributed by atoms with Gasteiger partial charge in [-0.3, -0.25) is 4.79 Å². The second-order valence-corrected chi connectivity index (χ2v) is 6.44. The number of amides is 1. The Hall–Kier alpha value is -1.47. The van der Waals surface area contributed by atoms with Crippen LogP contribution in [0.4, 0.5) is 0 Å². The van der Waals surface area contributed by atoms with Crippen molar-refractivity contribution in [3.05, 3.63) is 16.1 Å². The minimum atomic E-state index is -1.04. The van der Waals surface area contributed by atoms with Gasteiger partial charge in [-0.2, -0.15) is 0 Å². The van der Waals surface area contributed by atoms with Gasteiger partial charge < -0.3 is 15.7 Å². The summed E-state index contributed by atoms with van der Waals surface area (Å²) in [4.78, 5) is 26.6. The maximum atomic E-state index is 11.9. The van der Waals surface area contributed by atoms with Crippen molar-refractivity contribution in [2.45, 2.75) is 32.7 Å². The fourth-order valence-corrected chi connectivity index (χ4v) is 3.27. The van der Waals surface area contributed by atoms with Gasteiger partial charge in [-0.25, -0.2) is 9.78 Å². The van der Waals surface area contributed by atoms with Crippen molar-refractivity contribution in [1.82, 2.24) is 15.6 Å². The highest BCUT2D eigenvalue weighted by Crippen LogP contribution is 2.22. The van der Waals surface area contributed by atoms with Gasteiger partial charge in [0.1, 0.15) is 5.01 Å². The molecule has 1 fully saturated rings. The monoisotopic (exact) mass is 311 g/mol. The van der Waals surface area contributed by atoms with Gasteiger partial charge in [0.05, 0.1) is 6.54 Å². The molecule has 7 heteroatoms. The molecule has 1 aliphatic rings. The molecule has 6 nitrogen and oxygen atoms in total. The molecule has 3 N–H and O–H groups in total. The van der Waals surface area contributed by atoms with E-state index < -0.39 is 5.97 Å². The summed E-state index contributed by atoms with van der Waals surface area (Å²) in [7, 11) is 0. The smallest absolute Gasteiger partial charge is 0.355 e. The molecule has 0 bridgehead atoms. The average molecular weight is 311 g/mol. The van der Waals surface area contributed by atoms with Crippen LogP contribution in [0.1, 0.15) is 41.7 Å². The van der Waals surface area contributed by atoms with Crippen LogP contribution < -0.4 is 10.6 Å². The summed E-state index contributed by atoms with van der Waals surface area (Å²) < 4.78 is 0. The quantitative estimate of drug-likeness (QED) is 0.740. The number of carbonyl (C=O) groups is 2. The van der Waals surface area contributed by atoms with Gasteiger partial charge in [0, 0.05) is 11.8 Å². The number of piperidine rings is 1. The van der Waals surface area contributed by atoms with Crippen molar-refractivity contribution < 1.29 is 14.7 Å². The molecule has 0 spiro atoms. The first-order chi connectivity index (χ1) is 10.1. The Morgan fingerprint density at radius 2 is 2.43 bits per heavy atom. The number of thiazole rings is 1. The van der Waals surface area contributed by atoms with E-state index in [2.05, 4.69) is 22.5 Å². The summed E-state index contributed by atoms with van der Waals surface area (Å²) in [6.07, 6.45) is 2.85. The molecule has 1 saturated heterocycles. The summed E-state index contributed by atoms with van der Waals surface area (Å²) in [6.45, 7) is 4.48. The second-order valence-electron chi connectivity index (χ2n) is 5.50. The van der Waals surface area contributed by atoms with E-state index in [-0.39, 0.29) is 11.6 Å². The lowest BCUT2D eigenvalue weighted by Gasteiger charge is -2.27. The van der Waals surface area contributed by atoms with Crippen molar-refractivity contribution in [2.24, 2.45) is 11.8 Å². The lowest BCUT2D eigenvalue weighted by Crippen LogP contribution is -2.35. The van der Waals surface area contributed by atoms with Gasteiger partial charge in [0.15, 0.2) is 5.69 Å². The van der Waals surface area contributed by atoms with E-state index in [9.17, 15) is 9.59 Å². The first-order valence-corrected chi connectivity index (χ1v) is 8.09. The molecule has 1 aromatic heterocycles. The SMILES string of the molecule is CC(CC(=O)NCc1nc(C(=O)O)cs1)C1CCCNC1. The maximum Gasteiger partial charge on any atom is 0.355 e. The standard InChI is InChI=1S/C14H21N3O3S/c1-9(10-3-2-4-15-6-10)5-12(18)16-7-13-17-11(8-21-13)14(19)20/h8-10,15H,2-7H2,1H3,(H,16,18)(H,19,20). The number of carbonyl (C=O) groups excluding carboxylic acids is 1. The van der Waals surface area contributed by atoms with Crippen LogP contribution in [-0.2, 0) is 11.3 Å². The molecule has 2 unspecified atom stereocenters. The van der Waals surface area contributed by atoms with E-state index >= 15 is 0 Å². The van der Waals surface area contributed by atoms with Crippen molar-refractivity contribution in [3.8, 4) is 0 Å². The van der Waals surface area contributed by atoms with Gasteiger partial charge in [0.2, 0.25) is 5.91 Å². The lowest BCUT2D eigenvalue weighted by atomic mass is 9.85. The average Bonchev–Trinajstić information content (AvgIpc) is 2.95. The van der Waals surface area contributed by atoms with Gasteiger partial charge >= 0.3 is 5.97 Å². The number of nitrogens with one attached hydrogen (secondary N) is 2. The van der Waals surface area contributed by atoms with Crippen LogP contribution in [0, 0.1) is 11.8 Å². The highest BCUT2D eigenvalue weighted by Gasteiger charge is 2.22. The molecule has 1 aromatic rings. The second kappa shape index (κ2) is 7.51. The Morgan fingerprint density at radius 1 is 1.62 bits per heavy atom. The molecular weight excluding hydrogens is 290 g/mol. The lowest BCUT2D eigenvalue weighted by molar-refractivity contribution is -0.122. The number of aromatic carboxylic acids is 1. The summed E-state index contributed by atoms with van der Waals surface area (Å²) in [5, 5.41) is 17.1. The van der Waals surface area contributed by atoms with E-state index in [0.717, 1.165) is 13.1 Å². The molecule has 1 amide bonds. The van der Waals surface area contributed by atoms with Crippen molar-refractivity contribution >= 4 is 23.2 Å². The number of carboxylic acids is 1. The van der Waals surface area contributed by atoms with Gasteiger partial charge in [0.25, 0.3) is 0 Å². The Morgan fingerprint density at radius 3 is 3.05 bits per heavy atom. The number of rotatable bonds is 6. The zero-order valence-electron chi connectivity index (χ0n) is 12.1. The normalized spacial score (nSPS) is 20.0. The van der Waals surface area contributed by atoms with E-state index in [1.807, 2.05) is 0 Å². The molecule has 21 heavy (non-hydrogen) atoms. The van der Waals surface area contributed by atoms with Crippen LogP contribution in [0.3, 0.4) is 0 Å². The molecule has 2 heterocycles. The summed E-state index contributed by atoms with van der Waals surface area (Å²) >= 11 is 1.25. The Bertz CT molecular complexity index is 497. The third kappa shape index (κ3) is 4.78. The maximum absolute atomic E-state index is 11.9. The molecule has 2 rings (SSSR count).